The minimum absolute atomic E-state index is 0.199. The summed E-state index contributed by atoms with van der Waals surface area (Å²) in [5.41, 5.74) is 3.52. The Morgan fingerprint density at radius 1 is 1.09 bits per heavy atom. The van der Waals surface area contributed by atoms with Crippen LogP contribution in [0.4, 0.5) is 5.69 Å². The van der Waals surface area contributed by atoms with Crippen LogP contribution in [0.5, 0.6) is 5.75 Å². The van der Waals surface area contributed by atoms with Crippen LogP contribution in [-0.4, -0.2) is 11.0 Å². The number of hydrogen-bond donors (Lipinski definition) is 1. The fourth-order valence-electron chi connectivity index (χ4n) is 3.58. The molecule has 32 heavy (non-hydrogen) atoms. The van der Waals surface area contributed by atoms with Crippen LogP contribution in [0.1, 0.15) is 49.3 Å². The van der Waals surface area contributed by atoms with E-state index in [9.17, 15) is 4.79 Å². The number of hydrogen-bond acceptors (Lipinski definition) is 4. The van der Waals surface area contributed by atoms with Gasteiger partial charge in [-0.05, 0) is 66.0 Å². The number of carbonyl (C=O) groups is 1. The normalized spacial score (nSPS) is 15.0. The van der Waals surface area contributed by atoms with E-state index in [1.807, 2.05) is 48.5 Å². The number of nitrogens with zero attached hydrogens (tertiary/aromatic N) is 1. The minimum atomic E-state index is -0.199. The molecule has 1 saturated heterocycles. The van der Waals surface area contributed by atoms with E-state index in [-0.39, 0.29) is 5.91 Å². The van der Waals surface area contributed by atoms with Gasteiger partial charge in [-0.2, -0.15) is 0 Å². The number of thiocarbonyl (C=S) groups is 1. The number of nitrogens with one attached hydrogen (secondary N) is 1. The number of rotatable bonds is 7. The lowest BCUT2D eigenvalue weighted by atomic mass is 10.0. The molecule has 0 bridgehead atoms. The summed E-state index contributed by atoms with van der Waals surface area (Å²) in [4.78, 5) is 14.6. The SMILES string of the molecule is CCc1ccccc1N1C(=O)/C(=C\c2ccc(COc3ccc(C(C)C)cc3)o2)NC1=S. The molecule has 6 heteroatoms. The van der Waals surface area contributed by atoms with Crippen LogP contribution in [0.25, 0.3) is 6.08 Å². The molecule has 5 nitrogen and oxygen atoms in total. The van der Waals surface area contributed by atoms with Gasteiger partial charge < -0.3 is 14.5 Å². The van der Waals surface area contributed by atoms with Crippen molar-refractivity contribution >= 4 is 35.0 Å². The molecule has 0 spiro atoms. The van der Waals surface area contributed by atoms with E-state index >= 15 is 0 Å². The number of amides is 1. The topological polar surface area (TPSA) is 54.7 Å². The molecule has 164 valence electrons. The summed E-state index contributed by atoms with van der Waals surface area (Å²) in [6.45, 7) is 6.68. The Bertz CT molecular complexity index is 1160. The van der Waals surface area contributed by atoms with Gasteiger partial charge in [0, 0.05) is 6.08 Å². The van der Waals surface area contributed by atoms with E-state index < -0.39 is 0 Å². The van der Waals surface area contributed by atoms with Gasteiger partial charge in [-0.3, -0.25) is 9.69 Å². The molecule has 2 aromatic carbocycles. The molecule has 1 aromatic heterocycles. The van der Waals surface area contributed by atoms with Gasteiger partial charge in [-0.15, -0.1) is 0 Å². The second-order valence-corrected chi connectivity index (χ2v) is 8.31. The standard InChI is InChI=1S/C26H26N2O3S/c1-4-18-7-5-6-8-24(18)28-25(29)23(27-26(28)32)15-21-13-14-22(31-21)16-30-20-11-9-19(10-12-20)17(2)3/h5-15,17H,4,16H2,1-3H3,(H,27,32)/b23-15+. The molecule has 0 unspecified atom stereocenters. The van der Waals surface area contributed by atoms with Crippen LogP contribution in [0.3, 0.4) is 0 Å². The maximum absolute atomic E-state index is 13.0. The van der Waals surface area contributed by atoms with Crippen LogP contribution in [0.2, 0.25) is 0 Å². The quantitative estimate of drug-likeness (QED) is 0.367. The Hall–Kier alpha value is -3.38. The van der Waals surface area contributed by atoms with E-state index in [1.165, 1.54) is 10.5 Å². The number of benzene rings is 2. The lowest BCUT2D eigenvalue weighted by molar-refractivity contribution is -0.113. The average Bonchev–Trinajstić information content (AvgIpc) is 3.36. The van der Waals surface area contributed by atoms with Crippen molar-refractivity contribution in [1.29, 1.82) is 0 Å². The van der Waals surface area contributed by atoms with Gasteiger partial charge in [0.25, 0.3) is 5.91 Å². The summed E-state index contributed by atoms with van der Waals surface area (Å²) in [5, 5.41) is 3.37. The number of anilines is 1. The monoisotopic (exact) mass is 446 g/mol. The fourth-order valence-corrected chi connectivity index (χ4v) is 3.87. The zero-order chi connectivity index (χ0) is 22.7. The molecular weight excluding hydrogens is 420 g/mol. The maximum atomic E-state index is 13.0. The maximum Gasteiger partial charge on any atom is 0.281 e. The minimum Gasteiger partial charge on any atom is -0.486 e. The number of aryl methyl sites for hydroxylation is 1. The molecule has 2 heterocycles. The van der Waals surface area contributed by atoms with Crippen LogP contribution in [0, 0.1) is 0 Å². The van der Waals surface area contributed by atoms with E-state index in [4.69, 9.17) is 21.4 Å². The molecule has 1 aliphatic heterocycles. The Balaban J connectivity index is 1.45. The third kappa shape index (κ3) is 4.60. The second kappa shape index (κ2) is 9.40. The zero-order valence-electron chi connectivity index (χ0n) is 18.4. The zero-order valence-corrected chi connectivity index (χ0v) is 19.2. The smallest absolute Gasteiger partial charge is 0.281 e. The molecule has 1 amide bonds. The van der Waals surface area contributed by atoms with Crippen molar-refractivity contribution in [2.75, 3.05) is 4.90 Å². The van der Waals surface area contributed by atoms with E-state index in [0.717, 1.165) is 23.4 Å². The molecule has 1 N–H and O–H groups in total. The van der Waals surface area contributed by atoms with Gasteiger partial charge in [-0.25, -0.2) is 0 Å². The van der Waals surface area contributed by atoms with E-state index in [2.05, 4.69) is 38.2 Å². The second-order valence-electron chi connectivity index (χ2n) is 7.93. The van der Waals surface area contributed by atoms with Crippen LogP contribution in [-0.2, 0) is 17.8 Å². The predicted molar refractivity (Wildman–Crippen MR) is 131 cm³/mol. The highest BCUT2D eigenvalue weighted by Crippen LogP contribution is 2.27. The van der Waals surface area contributed by atoms with Gasteiger partial charge >= 0.3 is 0 Å². The first-order chi connectivity index (χ1) is 15.5. The van der Waals surface area contributed by atoms with Crippen molar-refractivity contribution in [2.24, 2.45) is 0 Å². The average molecular weight is 447 g/mol. The van der Waals surface area contributed by atoms with E-state index in [0.29, 0.717) is 34.9 Å². The Labute approximate surface area is 193 Å². The highest BCUT2D eigenvalue weighted by molar-refractivity contribution is 7.80. The van der Waals surface area contributed by atoms with E-state index in [1.54, 1.807) is 6.08 Å². The van der Waals surface area contributed by atoms with Gasteiger partial charge in [0.2, 0.25) is 0 Å². The molecule has 4 rings (SSSR count). The molecule has 0 aliphatic carbocycles. The molecule has 0 atom stereocenters. The summed E-state index contributed by atoms with van der Waals surface area (Å²) in [6.07, 6.45) is 2.48. The van der Waals surface area contributed by atoms with Crippen molar-refractivity contribution in [3.8, 4) is 5.75 Å². The molecule has 1 aliphatic rings. The van der Waals surface area contributed by atoms with Crippen molar-refractivity contribution in [3.05, 3.63) is 89.0 Å². The first-order valence-corrected chi connectivity index (χ1v) is 11.1. The Morgan fingerprint density at radius 2 is 1.84 bits per heavy atom. The molecule has 3 aromatic rings. The van der Waals surface area contributed by atoms with Crippen LogP contribution < -0.4 is 15.0 Å². The summed E-state index contributed by atoms with van der Waals surface area (Å²) in [6, 6.07) is 19.5. The lowest BCUT2D eigenvalue weighted by Gasteiger charge is -2.17. The van der Waals surface area contributed by atoms with Crippen molar-refractivity contribution < 1.29 is 13.9 Å². The Morgan fingerprint density at radius 3 is 2.56 bits per heavy atom. The number of ether oxygens (including phenoxy) is 1. The fraction of sp³-hybridized carbons (Fsp3) is 0.231. The van der Waals surface area contributed by atoms with Crippen molar-refractivity contribution in [1.82, 2.24) is 5.32 Å². The largest absolute Gasteiger partial charge is 0.486 e. The van der Waals surface area contributed by atoms with Gasteiger partial charge in [0.15, 0.2) is 5.11 Å². The first kappa shape index (κ1) is 21.8. The third-order valence-corrected chi connectivity index (χ3v) is 5.67. The molecular formula is C26H26N2O3S. The van der Waals surface area contributed by atoms with Gasteiger partial charge in [0.1, 0.15) is 29.6 Å². The molecule has 1 fully saturated rings. The van der Waals surface area contributed by atoms with Gasteiger partial charge in [0.05, 0.1) is 5.69 Å². The number of para-hydroxylation sites is 1. The van der Waals surface area contributed by atoms with Crippen LogP contribution >= 0.6 is 12.2 Å². The molecule has 0 saturated carbocycles. The van der Waals surface area contributed by atoms with Crippen molar-refractivity contribution in [2.45, 2.75) is 39.7 Å². The van der Waals surface area contributed by atoms with Crippen LogP contribution in [0.15, 0.2) is 70.8 Å². The first-order valence-electron chi connectivity index (χ1n) is 10.7. The summed E-state index contributed by atoms with van der Waals surface area (Å²) < 4.78 is 11.7. The lowest BCUT2D eigenvalue weighted by Crippen LogP contribution is -2.31. The molecule has 0 radical (unpaired) electrons. The predicted octanol–water partition coefficient (Wildman–Crippen LogP) is 5.81. The summed E-state index contributed by atoms with van der Waals surface area (Å²) in [7, 11) is 0. The number of furan rings is 1. The Kier molecular flexibility index (Phi) is 6.42. The third-order valence-electron chi connectivity index (χ3n) is 5.39. The highest BCUT2D eigenvalue weighted by atomic mass is 32.1. The summed E-state index contributed by atoms with van der Waals surface area (Å²) >= 11 is 5.43. The summed E-state index contributed by atoms with van der Waals surface area (Å²) in [5.74, 6) is 2.30. The van der Waals surface area contributed by atoms with Gasteiger partial charge in [-0.1, -0.05) is 51.1 Å². The van der Waals surface area contributed by atoms with Crippen molar-refractivity contribution in [3.63, 3.8) is 0 Å². The highest BCUT2D eigenvalue weighted by Gasteiger charge is 2.33. The number of carbonyl (C=O) groups excluding carboxylic acids is 1.